The fourth-order valence-electron chi connectivity index (χ4n) is 1.46. The third-order valence-electron chi connectivity index (χ3n) is 2.55. The number of carbonyl (C=O) groups excluding carboxylic acids is 2. The summed E-state index contributed by atoms with van der Waals surface area (Å²) in [5, 5.41) is 11.4. The van der Waals surface area contributed by atoms with Crippen LogP contribution in [0.4, 0.5) is 0 Å². The van der Waals surface area contributed by atoms with Gasteiger partial charge in [0.15, 0.2) is 5.78 Å². The van der Waals surface area contributed by atoms with Crippen LogP contribution in [0.25, 0.3) is 0 Å². The van der Waals surface area contributed by atoms with Crippen molar-refractivity contribution >= 4 is 29.4 Å². The summed E-state index contributed by atoms with van der Waals surface area (Å²) in [6.07, 6.45) is 3.64. The number of carboxylic acid groups (broad SMARTS) is 1. The van der Waals surface area contributed by atoms with Crippen molar-refractivity contribution in [2.24, 2.45) is 0 Å². The number of ketones is 1. The quantitative estimate of drug-likeness (QED) is 0.652. The van der Waals surface area contributed by atoms with Crippen LogP contribution in [0.15, 0.2) is 12.3 Å². The van der Waals surface area contributed by atoms with Crippen LogP contribution in [-0.4, -0.2) is 45.8 Å². The molecular weight excluding hydrogens is 268 g/mol. The summed E-state index contributed by atoms with van der Waals surface area (Å²) in [4.78, 5) is 36.6. The van der Waals surface area contributed by atoms with Crippen molar-refractivity contribution in [1.29, 1.82) is 0 Å². The van der Waals surface area contributed by atoms with Crippen molar-refractivity contribution in [2.75, 3.05) is 12.0 Å². The smallest absolute Gasteiger partial charge is 0.326 e. The molecule has 0 unspecified atom stereocenters. The van der Waals surface area contributed by atoms with Crippen molar-refractivity contribution < 1.29 is 19.5 Å². The van der Waals surface area contributed by atoms with Gasteiger partial charge < -0.3 is 15.4 Å². The normalized spacial score (nSPS) is 11.9. The summed E-state index contributed by atoms with van der Waals surface area (Å²) < 4.78 is 0. The molecule has 1 atom stereocenters. The lowest BCUT2D eigenvalue weighted by molar-refractivity contribution is -0.139. The maximum Gasteiger partial charge on any atom is 0.326 e. The Labute approximate surface area is 115 Å². The van der Waals surface area contributed by atoms with E-state index in [1.807, 2.05) is 6.26 Å². The molecule has 0 spiro atoms. The van der Waals surface area contributed by atoms with Crippen molar-refractivity contribution in [3.05, 3.63) is 23.5 Å². The number of carboxylic acids is 1. The van der Waals surface area contributed by atoms with Gasteiger partial charge in [-0.1, -0.05) is 0 Å². The van der Waals surface area contributed by atoms with Gasteiger partial charge >= 0.3 is 5.97 Å². The minimum absolute atomic E-state index is 0.160. The Kier molecular flexibility index (Phi) is 5.62. The molecular formula is C12H16N2O4S. The topological polar surface area (TPSA) is 99.3 Å². The van der Waals surface area contributed by atoms with Gasteiger partial charge in [-0.25, -0.2) is 4.79 Å². The Morgan fingerprint density at radius 2 is 2.16 bits per heavy atom. The Bertz CT molecular complexity index is 484. The van der Waals surface area contributed by atoms with Gasteiger partial charge in [-0.15, -0.1) is 0 Å². The van der Waals surface area contributed by atoms with Crippen molar-refractivity contribution in [3.8, 4) is 0 Å². The molecule has 0 aromatic carbocycles. The van der Waals surface area contributed by atoms with Crippen LogP contribution in [0.3, 0.4) is 0 Å². The average Bonchev–Trinajstić information content (AvgIpc) is 2.83. The van der Waals surface area contributed by atoms with E-state index < -0.39 is 17.9 Å². The number of rotatable bonds is 7. The summed E-state index contributed by atoms with van der Waals surface area (Å²) in [7, 11) is 0. The Morgan fingerprint density at radius 1 is 1.47 bits per heavy atom. The summed E-state index contributed by atoms with van der Waals surface area (Å²) in [6, 6.07) is 0.481. The third kappa shape index (κ3) is 4.44. The lowest BCUT2D eigenvalue weighted by Gasteiger charge is -2.13. The van der Waals surface area contributed by atoms with Gasteiger partial charge in [0.05, 0.1) is 0 Å². The standard InChI is InChI=1S/C12H16N2O4S/c1-7(15)8-5-10(13-6-8)11(16)14-9(12(17)18)3-4-19-2/h5-6,9,13H,3-4H2,1-2H3,(H,14,16)(H,17,18)/t9-/m0/s1. The molecule has 6 nitrogen and oxygen atoms in total. The fraction of sp³-hybridized carbons (Fsp3) is 0.417. The molecule has 0 saturated heterocycles. The number of amides is 1. The molecule has 0 aliphatic rings. The molecule has 1 rings (SSSR count). The number of H-pyrrole nitrogens is 1. The van der Waals surface area contributed by atoms with Crippen LogP contribution in [-0.2, 0) is 4.79 Å². The summed E-state index contributed by atoms with van der Waals surface area (Å²) in [6.45, 7) is 1.39. The van der Waals surface area contributed by atoms with Gasteiger partial charge in [0, 0.05) is 11.8 Å². The highest BCUT2D eigenvalue weighted by Gasteiger charge is 2.21. The highest BCUT2D eigenvalue weighted by molar-refractivity contribution is 7.98. The Morgan fingerprint density at radius 3 is 2.63 bits per heavy atom. The highest BCUT2D eigenvalue weighted by Crippen LogP contribution is 2.06. The first-order valence-corrected chi connectivity index (χ1v) is 7.07. The van der Waals surface area contributed by atoms with Crippen LogP contribution in [0.5, 0.6) is 0 Å². The van der Waals surface area contributed by atoms with E-state index in [-0.39, 0.29) is 11.5 Å². The number of hydrogen-bond acceptors (Lipinski definition) is 4. The molecule has 1 aromatic heterocycles. The number of aromatic amines is 1. The molecule has 0 radical (unpaired) electrons. The second-order valence-electron chi connectivity index (χ2n) is 4.00. The van der Waals surface area contributed by atoms with E-state index in [1.165, 1.54) is 30.9 Å². The van der Waals surface area contributed by atoms with E-state index in [0.29, 0.717) is 17.7 Å². The van der Waals surface area contributed by atoms with Crippen molar-refractivity contribution in [3.63, 3.8) is 0 Å². The lowest BCUT2D eigenvalue weighted by Crippen LogP contribution is -2.41. The van der Waals surface area contributed by atoms with Crippen LogP contribution >= 0.6 is 11.8 Å². The van der Waals surface area contributed by atoms with Gasteiger partial charge in [0.2, 0.25) is 0 Å². The maximum absolute atomic E-state index is 11.8. The highest BCUT2D eigenvalue weighted by atomic mass is 32.2. The van der Waals surface area contributed by atoms with E-state index >= 15 is 0 Å². The molecule has 0 aliphatic heterocycles. The first-order chi connectivity index (χ1) is 8.95. The lowest BCUT2D eigenvalue weighted by atomic mass is 10.2. The number of nitrogens with one attached hydrogen (secondary N) is 2. The zero-order chi connectivity index (χ0) is 14.4. The SMILES string of the molecule is CSCC[C@H](NC(=O)c1cc(C(C)=O)c[nH]1)C(=O)O. The van der Waals surface area contributed by atoms with E-state index in [0.717, 1.165) is 0 Å². The second-order valence-corrected chi connectivity index (χ2v) is 4.99. The first kappa shape index (κ1) is 15.3. The molecule has 104 valence electrons. The fourth-order valence-corrected chi connectivity index (χ4v) is 1.93. The van der Waals surface area contributed by atoms with E-state index in [4.69, 9.17) is 5.11 Å². The summed E-state index contributed by atoms with van der Waals surface area (Å²) in [5.41, 5.74) is 0.571. The van der Waals surface area contributed by atoms with Crippen molar-refractivity contribution in [1.82, 2.24) is 10.3 Å². The molecule has 1 heterocycles. The number of aliphatic carboxylic acids is 1. The molecule has 1 aromatic rings. The Hall–Kier alpha value is -1.76. The van der Waals surface area contributed by atoms with Crippen LogP contribution in [0, 0.1) is 0 Å². The molecule has 19 heavy (non-hydrogen) atoms. The van der Waals surface area contributed by atoms with E-state index in [1.54, 1.807) is 0 Å². The van der Waals surface area contributed by atoms with Gasteiger partial charge in [0.1, 0.15) is 11.7 Å². The summed E-state index contributed by atoms with van der Waals surface area (Å²) >= 11 is 1.51. The van der Waals surface area contributed by atoms with Crippen LogP contribution in [0.2, 0.25) is 0 Å². The van der Waals surface area contributed by atoms with Crippen LogP contribution in [0.1, 0.15) is 34.2 Å². The number of carbonyl (C=O) groups is 3. The largest absolute Gasteiger partial charge is 0.480 e. The Balaban J connectivity index is 2.70. The second kappa shape index (κ2) is 6.98. The third-order valence-corrected chi connectivity index (χ3v) is 3.19. The van der Waals surface area contributed by atoms with Gasteiger partial charge in [-0.3, -0.25) is 9.59 Å². The monoisotopic (exact) mass is 284 g/mol. The minimum atomic E-state index is -1.07. The average molecular weight is 284 g/mol. The molecule has 3 N–H and O–H groups in total. The van der Waals surface area contributed by atoms with Crippen LogP contribution < -0.4 is 5.32 Å². The number of hydrogen-bond donors (Lipinski definition) is 3. The van der Waals surface area contributed by atoms with Gasteiger partial charge in [-0.2, -0.15) is 11.8 Å². The zero-order valence-corrected chi connectivity index (χ0v) is 11.5. The molecule has 7 heteroatoms. The maximum atomic E-state index is 11.8. The zero-order valence-electron chi connectivity index (χ0n) is 10.7. The molecule has 0 bridgehead atoms. The molecule has 0 aliphatic carbocycles. The van der Waals surface area contributed by atoms with E-state index in [2.05, 4.69) is 10.3 Å². The number of aromatic nitrogens is 1. The van der Waals surface area contributed by atoms with E-state index in [9.17, 15) is 14.4 Å². The van der Waals surface area contributed by atoms with Gasteiger partial charge in [0.25, 0.3) is 5.91 Å². The number of thioether (sulfide) groups is 1. The number of Topliss-reactive ketones (excluding diaryl/α,β-unsaturated/α-hetero) is 1. The predicted molar refractivity (Wildman–Crippen MR) is 72.7 cm³/mol. The minimum Gasteiger partial charge on any atom is -0.480 e. The molecule has 0 fully saturated rings. The van der Waals surface area contributed by atoms with Gasteiger partial charge in [-0.05, 0) is 31.4 Å². The van der Waals surface area contributed by atoms with Crippen molar-refractivity contribution in [2.45, 2.75) is 19.4 Å². The molecule has 0 saturated carbocycles. The predicted octanol–water partition coefficient (Wildman–Crippen LogP) is 1.15. The first-order valence-electron chi connectivity index (χ1n) is 5.67. The molecule has 1 amide bonds. The summed E-state index contributed by atoms with van der Waals surface area (Å²) in [5.74, 6) is -1.12.